The molecule has 0 unspecified atom stereocenters. The molecule has 0 saturated heterocycles. The molecule has 12 heavy (non-hydrogen) atoms. The summed E-state index contributed by atoms with van der Waals surface area (Å²) < 4.78 is 0.866. The summed E-state index contributed by atoms with van der Waals surface area (Å²) in [5.74, 6) is -0.913. The maximum atomic E-state index is 10.5. The van der Waals surface area contributed by atoms with Gasteiger partial charge in [-0.15, -0.1) is 11.3 Å². The Bertz CT molecular complexity index is 414. The van der Waals surface area contributed by atoms with Gasteiger partial charge in [0, 0.05) is 0 Å². The number of anilines is 1. The molecule has 0 aliphatic carbocycles. The van der Waals surface area contributed by atoms with Crippen LogP contribution in [-0.4, -0.2) is 16.1 Å². The summed E-state index contributed by atoms with van der Waals surface area (Å²) >= 11 is 2.51. The number of hydrogen-bond donors (Lipinski definition) is 2. The molecule has 0 bridgehead atoms. The Morgan fingerprint density at radius 1 is 1.58 bits per heavy atom. The van der Waals surface area contributed by atoms with Gasteiger partial charge in [-0.25, -0.2) is 9.78 Å². The van der Waals surface area contributed by atoms with E-state index in [-0.39, 0.29) is 0 Å². The van der Waals surface area contributed by atoms with Gasteiger partial charge in [-0.1, -0.05) is 11.3 Å². The average molecular weight is 200 g/mol. The van der Waals surface area contributed by atoms with E-state index in [1.807, 2.05) is 0 Å². The van der Waals surface area contributed by atoms with Gasteiger partial charge < -0.3 is 10.8 Å². The molecule has 0 amide bonds. The van der Waals surface area contributed by atoms with E-state index in [9.17, 15) is 4.79 Å². The van der Waals surface area contributed by atoms with Crippen molar-refractivity contribution in [2.45, 2.75) is 0 Å². The highest BCUT2D eigenvalue weighted by Gasteiger charge is 2.11. The minimum atomic E-state index is -0.913. The maximum absolute atomic E-state index is 10.5. The Balaban J connectivity index is 2.64. The molecule has 0 saturated carbocycles. The third-order valence-electron chi connectivity index (χ3n) is 1.32. The summed E-state index contributed by atoms with van der Waals surface area (Å²) in [5, 5.41) is 9.11. The smallest absolute Gasteiger partial charge is 0.345 e. The van der Waals surface area contributed by atoms with Gasteiger partial charge in [-0.05, 0) is 6.07 Å². The first kappa shape index (κ1) is 7.51. The quantitative estimate of drug-likeness (QED) is 0.733. The van der Waals surface area contributed by atoms with Crippen molar-refractivity contribution in [3.63, 3.8) is 0 Å². The first-order valence-electron chi connectivity index (χ1n) is 3.06. The lowest BCUT2D eigenvalue weighted by atomic mass is 10.4. The summed E-state index contributed by atoms with van der Waals surface area (Å²) in [6, 6.07) is 1.54. The second-order valence-electron chi connectivity index (χ2n) is 2.14. The minimum absolute atomic E-state index is 0.309. The average Bonchev–Trinajstić information content (AvgIpc) is 2.42. The number of carboxylic acids is 1. The number of thiophene rings is 1. The number of hydrogen-bond acceptors (Lipinski definition) is 5. The molecule has 2 heterocycles. The standard InChI is InChI=1S/C6H4N2O2S2/c7-6-8-2-1-3(4(9)10)11-5(2)12-6/h1H,(H2,7,8)(H,9,10). The monoisotopic (exact) mass is 200 g/mol. The van der Waals surface area contributed by atoms with Crippen molar-refractivity contribution in [2.75, 3.05) is 5.73 Å². The highest BCUT2D eigenvalue weighted by molar-refractivity contribution is 7.40. The lowest BCUT2D eigenvalue weighted by Crippen LogP contribution is -1.89. The number of fused-ring (bicyclic) bond motifs is 1. The molecule has 0 radical (unpaired) electrons. The number of nitrogens with zero attached hydrogens (tertiary/aromatic N) is 1. The third-order valence-corrected chi connectivity index (χ3v) is 3.42. The molecule has 0 atom stereocenters. The lowest BCUT2D eigenvalue weighted by Gasteiger charge is -1.81. The first-order valence-corrected chi connectivity index (χ1v) is 4.69. The molecule has 6 heteroatoms. The van der Waals surface area contributed by atoms with Crippen LogP contribution in [0.2, 0.25) is 0 Å². The van der Waals surface area contributed by atoms with Crippen molar-refractivity contribution in [2.24, 2.45) is 0 Å². The molecule has 0 spiro atoms. The number of aromatic carboxylic acids is 1. The largest absolute Gasteiger partial charge is 0.477 e. The van der Waals surface area contributed by atoms with E-state index in [4.69, 9.17) is 10.8 Å². The van der Waals surface area contributed by atoms with Crippen LogP contribution in [0, 0.1) is 0 Å². The highest BCUT2D eigenvalue weighted by Crippen LogP contribution is 2.31. The Morgan fingerprint density at radius 3 is 2.92 bits per heavy atom. The molecule has 0 fully saturated rings. The second-order valence-corrected chi connectivity index (χ2v) is 4.48. The van der Waals surface area contributed by atoms with E-state index in [0.29, 0.717) is 15.5 Å². The SMILES string of the molecule is Nc1nc2cc(C(=O)O)sc2s1. The van der Waals surface area contributed by atoms with E-state index < -0.39 is 5.97 Å². The molecule has 0 aliphatic heterocycles. The summed E-state index contributed by atoms with van der Waals surface area (Å²) in [5.41, 5.74) is 6.11. The molecular formula is C6H4N2O2S2. The van der Waals surface area contributed by atoms with Gasteiger partial charge in [-0.3, -0.25) is 0 Å². The van der Waals surface area contributed by atoms with Crippen LogP contribution in [0.3, 0.4) is 0 Å². The number of aromatic nitrogens is 1. The zero-order valence-electron chi connectivity index (χ0n) is 5.77. The highest BCUT2D eigenvalue weighted by atomic mass is 32.2. The van der Waals surface area contributed by atoms with Gasteiger partial charge in [-0.2, -0.15) is 0 Å². The van der Waals surface area contributed by atoms with Crippen LogP contribution in [0.15, 0.2) is 6.07 Å². The molecule has 4 nitrogen and oxygen atoms in total. The topological polar surface area (TPSA) is 76.2 Å². The predicted molar refractivity (Wildman–Crippen MR) is 48.9 cm³/mol. The van der Waals surface area contributed by atoms with Gasteiger partial charge in [0.15, 0.2) is 5.13 Å². The zero-order valence-corrected chi connectivity index (χ0v) is 7.41. The summed E-state index contributed by atoms with van der Waals surface area (Å²) in [6.07, 6.45) is 0. The van der Waals surface area contributed by atoms with Crippen molar-refractivity contribution in [3.05, 3.63) is 10.9 Å². The first-order chi connectivity index (χ1) is 5.66. The summed E-state index contributed by atoms with van der Waals surface area (Å²) in [7, 11) is 0. The van der Waals surface area contributed by atoms with Crippen LogP contribution in [0.1, 0.15) is 9.67 Å². The minimum Gasteiger partial charge on any atom is -0.477 e. The molecule has 0 aliphatic rings. The molecule has 0 aromatic carbocycles. The van der Waals surface area contributed by atoms with E-state index >= 15 is 0 Å². The third kappa shape index (κ3) is 1.05. The van der Waals surface area contributed by atoms with E-state index in [0.717, 1.165) is 4.01 Å². The lowest BCUT2D eigenvalue weighted by molar-refractivity contribution is 0.0702. The zero-order chi connectivity index (χ0) is 8.72. The maximum Gasteiger partial charge on any atom is 0.345 e. The molecular weight excluding hydrogens is 196 g/mol. The van der Waals surface area contributed by atoms with Crippen molar-refractivity contribution >= 4 is 43.3 Å². The number of carboxylic acid groups (broad SMARTS) is 1. The number of rotatable bonds is 1. The molecule has 2 rings (SSSR count). The van der Waals surface area contributed by atoms with Gasteiger partial charge in [0.05, 0.1) is 5.52 Å². The fourth-order valence-corrected chi connectivity index (χ4v) is 2.76. The molecule has 2 aromatic heterocycles. The van der Waals surface area contributed by atoms with Crippen LogP contribution < -0.4 is 5.73 Å². The Labute approximate surface area is 75.3 Å². The van der Waals surface area contributed by atoms with Crippen molar-refractivity contribution in [1.82, 2.24) is 4.98 Å². The molecule has 62 valence electrons. The van der Waals surface area contributed by atoms with Crippen LogP contribution in [0.5, 0.6) is 0 Å². The van der Waals surface area contributed by atoms with E-state index in [2.05, 4.69) is 4.98 Å². The second kappa shape index (κ2) is 2.43. The molecule has 2 aromatic rings. The van der Waals surface area contributed by atoms with Gasteiger partial charge >= 0.3 is 5.97 Å². The summed E-state index contributed by atoms with van der Waals surface area (Å²) in [4.78, 5) is 14.8. The van der Waals surface area contributed by atoms with Crippen LogP contribution >= 0.6 is 22.7 Å². The van der Waals surface area contributed by atoms with Crippen molar-refractivity contribution in [1.29, 1.82) is 0 Å². The number of carbonyl (C=O) groups is 1. The van der Waals surface area contributed by atoms with E-state index in [1.54, 1.807) is 0 Å². The normalized spacial score (nSPS) is 10.7. The van der Waals surface area contributed by atoms with Crippen LogP contribution in [0.25, 0.3) is 9.53 Å². The Kier molecular flexibility index (Phi) is 1.52. The van der Waals surface area contributed by atoms with Crippen molar-refractivity contribution < 1.29 is 9.90 Å². The van der Waals surface area contributed by atoms with E-state index in [1.165, 1.54) is 28.7 Å². The van der Waals surface area contributed by atoms with Crippen LogP contribution in [0.4, 0.5) is 5.13 Å². The Morgan fingerprint density at radius 2 is 2.33 bits per heavy atom. The van der Waals surface area contributed by atoms with Gasteiger partial charge in [0.2, 0.25) is 0 Å². The van der Waals surface area contributed by atoms with Crippen LogP contribution in [-0.2, 0) is 0 Å². The van der Waals surface area contributed by atoms with Gasteiger partial charge in [0.1, 0.15) is 8.89 Å². The molecule has 3 N–H and O–H groups in total. The number of nitrogen functional groups attached to an aromatic ring is 1. The Hall–Kier alpha value is -1.14. The fourth-order valence-electron chi connectivity index (χ4n) is 0.858. The number of nitrogens with two attached hydrogens (primary N) is 1. The predicted octanol–water partition coefficient (Wildman–Crippen LogP) is 1.64. The number of thiazole rings is 1. The summed E-state index contributed by atoms with van der Waals surface area (Å²) in [6.45, 7) is 0. The fraction of sp³-hybridized carbons (Fsp3) is 0. The van der Waals surface area contributed by atoms with Crippen molar-refractivity contribution in [3.8, 4) is 0 Å². The van der Waals surface area contributed by atoms with Gasteiger partial charge in [0.25, 0.3) is 0 Å².